The molecule has 5 heteroatoms. The Labute approximate surface area is 131 Å². The van der Waals surface area contributed by atoms with Gasteiger partial charge in [0.15, 0.2) is 0 Å². The van der Waals surface area contributed by atoms with Gasteiger partial charge in [0.2, 0.25) is 0 Å². The molecule has 3 nitrogen and oxygen atoms in total. The quantitative estimate of drug-likeness (QED) is 0.910. The van der Waals surface area contributed by atoms with E-state index in [9.17, 15) is 9.00 Å². The lowest BCUT2D eigenvalue weighted by Crippen LogP contribution is -2.07. The Morgan fingerprint density at radius 3 is 2.24 bits per heavy atom. The molecule has 0 radical (unpaired) electrons. The molecule has 0 aromatic heterocycles. The van der Waals surface area contributed by atoms with Crippen molar-refractivity contribution in [1.82, 2.24) is 0 Å². The first kappa shape index (κ1) is 15.7. The Hall–Kier alpha value is -1.65. The number of carboxylic acid groups (broad SMARTS) is 1. The second kappa shape index (κ2) is 6.87. The molecule has 0 spiro atoms. The highest BCUT2D eigenvalue weighted by molar-refractivity contribution is 7.84. The van der Waals surface area contributed by atoms with Crippen LogP contribution in [0.15, 0.2) is 53.4 Å². The summed E-state index contributed by atoms with van der Waals surface area (Å²) in [6, 6.07) is 14.1. The Bertz CT molecular complexity index is 650. The average molecular weight is 323 g/mol. The maximum Gasteiger partial charge on any atom is 0.310 e. The lowest BCUT2D eigenvalue weighted by Gasteiger charge is -2.08. The van der Waals surface area contributed by atoms with E-state index in [-0.39, 0.29) is 0 Å². The van der Waals surface area contributed by atoms with E-state index in [1.54, 1.807) is 43.3 Å². The molecule has 2 aromatic rings. The van der Waals surface area contributed by atoms with Gasteiger partial charge >= 0.3 is 5.97 Å². The molecule has 0 fully saturated rings. The van der Waals surface area contributed by atoms with Crippen LogP contribution in [-0.4, -0.2) is 15.3 Å². The minimum atomic E-state index is -1.14. The van der Waals surface area contributed by atoms with Gasteiger partial charge in [0.1, 0.15) is 0 Å². The first-order valence-electron chi connectivity index (χ1n) is 6.43. The maximum absolute atomic E-state index is 12.2. The Kier molecular flexibility index (Phi) is 5.15. The van der Waals surface area contributed by atoms with Gasteiger partial charge in [-0.1, -0.05) is 35.9 Å². The van der Waals surface area contributed by atoms with Gasteiger partial charge in [-0.15, -0.1) is 0 Å². The van der Waals surface area contributed by atoms with Crippen molar-refractivity contribution in [3.8, 4) is 0 Å². The van der Waals surface area contributed by atoms with Gasteiger partial charge < -0.3 is 5.11 Å². The summed E-state index contributed by atoms with van der Waals surface area (Å²) in [5, 5.41) is 9.58. The van der Waals surface area contributed by atoms with Gasteiger partial charge in [-0.05, 0) is 42.3 Å². The summed E-state index contributed by atoms with van der Waals surface area (Å²) in [6.45, 7) is 1.64. The normalized spacial score (nSPS) is 13.6. The molecule has 0 amide bonds. The monoisotopic (exact) mass is 322 g/mol. The number of carboxylic acids is 1. The van der Waals surface area contributed by atoms with Crippen LogP contribution in [-0.2, 0) is 21.3 Å². The van der Waals surface area contributed by atoms with E-state index in [1.807, 2.05) is 12.1 Å². The zero-order valence-electron chi connectivity index (χ0n) is 11.5. The highest BCUT2D eigenvalue weighted by atomic mass is 35.5. The molecule has 2 rings (SSSR count). The first-order chi connectivity index (χ1) is 9.97. The van der Waals surface area contributed by atoms with Crippen LogP contribution in [0.3, 0.4) is 0 Å². The summed E-state index contributed by atoms with van der Waals surface area (Å²) in [7, 11) is -1.14. The van der Waals surface area contributed by atoms with Crippen LogP contribution in [0.4, 0.5) is 0 Å². The number of hydrogen-bond acceptors (Lipinski definition) is 2. The molecule has 21 heavy (non-hydrogen) atoms. The molecule has 2 atom stereocenters. The molecule has 0 aliphatic carbocycles. The highest BCUT2D eigenvalue weighted by Crippen LogP contribution is 2.19. The molecular weight excluding hydrogens is 308 g/mol. The van der Waals surface area contributed by atoms with Crippen LogP contribution in [0.5, 0.6) is 0 Å². The van der Waals surface area contributed by atoms with Gasteiger partial charge in [0.05, 0.1) is 22.5 Å². The number of halogens is 1. The lowest BCUT2D eigenvalue weighted by molar-refractivity contribution is -0.138. The number of benzene rings is 2. The molecule has 0 bridgehead atoms. The number of hydrogen-bond donors (Lipinski definition) is 1. The van der Waals surface area contributed by atoms with Crippen molar-refractivity contribution in [1.29, 1.82) is 0 Å². The SMILES string of the molecule is CC(C(=O)O)c1ccc(CS(=O)c2ccc(Cl)cc2)cc1. The summed E-state index contributed by atoms with van der Waals surface area (Å²) < 4.78 is 12.2. The third kappa shape index (κ3) is 4.16. The molecule has 0 heterocycles. The van der Waals surface area contributed by atoms with Crippen LogP contribution in [0, 0.1) is 0 Å². The van der Waals surface area contributed by atoms with Crippen molar-refractivity contribution in [3.05, 3.63) is 64.7 Å². The van der Waals surface area contributed by atoms with Gasteiger partial charge in [0, 0.05) is 9.92 Å². The van der Waals surface area contributed by atoms with Crippen molar-refractivity contribution in [3.63, 3.8) is 0 Å². The van der Waals surface area contributed by atoms with Crippen LogP contribution in [0.1, 0.15) is 24.0 Å². The summed E-state index contributed by atoms with van der Waals surface area (Å²) in [5.41, 5.74) is 1.65. The van der Waals surface area contributed by atoms with Gasteiger partial charge in [0.25, 0.3) is 0 Å². The summed E-state index contributed by atoms with van der Waals surface area (Å²) in [5.74, 6) is -1.00. The Morgan fingerprint density at radius 2 is 1.71 bits per heavy atom. The summed E-state index contributed by atoms with van der Waals surface area (Å²) in [4.78, 5) is 11.6. The highest BCUT2D eigenvalue weighted by Gasteiger charge is 2.13. The third-order valence-corrected chi connectivity index (χ3v) is 4.87. The Balaban J connectivity index is 2.08. The van der Waals surface area contributed by atoms with Crippen molar-refractivity contribution in [2.24, 2.45) is 0 Å². The number of rotatable bonds is 5. The standard InChI is InChI=1S/C16H15ClO3S/c1-11(16(18)19)13-4-2-12(3-5-13)10-21(20)15-8-6-14(17)7-9-15/h2-9,11H,10H2,1H3,(H,18,19). The zero-order chi connectivity index (χ0) is 15.4. The van der Waals surface area contributed by atoms with Gasteiger partial charge in [-0.2, -0.15) is 0 Å². The molecule has 110 valence electrons. The fourth-order valence-corrected chi connectivity index (χ4v) is 3.09. The van der Waals surface area contributed by atoms with Crippen LogP contribution in [0.25, 0.3) is 0 Å². The van der Waals surface area contributed by atoms with Crippen LogP contribution < -0.4 is 0 Å². The van der Waals surface area contributed by atoms with Crippen molar-refractivity contribution >= 4 is 28.4 Å². The topological polar surface area (TPSA) is 54.4 Å². The first-order valence-corrected chi connectivity index (χ1v) is 8.12. The van der Waals surface area contributed by atoms with E-state index in [4.69, 9.17) is 16.7 Å². The number of aliphatic carboxylic acids is 1. The van der Waals surface area contributed by atoms with E-state index < -0.39 is 22.7 Å². The van der Waals surface area contributed by atoms with E-state index in [1.165, 1.54) is 0 Å². The van der Waals surface area contributed by atoms with E-state index >= 15 is 0 Å². The molecule has 2 unspecified atom stereocenters. The average Bonchev–Trinajstić information content (AvgIpc) is 2.47. The molecule has 2 aromatic carbocycles. The third-order valence-electron chi connectivity index (χ3n) is 3.22. The van der Waals surface area contributed by atoms with Gasteiger partial charge in [-0.3, -0.25) is 9.00 Å². The predicted octanol–water partition coefficient (Wildman–Crippen LogP) is 3.84. The second-order valence-electron chi connectivity index (χ2n) is 4.75. The molecular formula is C16H15ClO3S. The molecule has 1 N–H and O–H groups in total. The van der Waals surface area contributed by atoms with Crippen molar-refractivity contribution in [2.75, 3.05) is 0 Å². The van der Waals surface area contributed by atoms with Crippen molar-refractivity contribution in [2.45, 2.75) is 23.5 Å². The predicted molar refractivity (Wildman–Crippen MR) is 84.1 cm³/mol. The van der Waals surface area contributed by atoms with E-state index in [2.05, 4.69) is 0 Å². The van der Waals surface area contributed by atoms with Crippen LogP contribution >= 0.6 is 11.6 Å². The van der Waals surface area contributed by atoms with Crippen LogP contribution in [0.2, 0.25) is 5.02 Å². The fraction of sp³-hybridized carbons (Fsp3) is 0.188. The minimum absolute atomic E-state index is 0.392. The lowest BCUT2D eigenvalue weighted by atomic mass is 10.0. The van der Waals surface area contributed by atoms with E-state index in [0.717, 1.165) is 16.0 Å². The summed E-state index contributed by atoms with van der Waals surface area (Å²) >= 11 is 5.80. The maximum atomic E-state index is 12.2. The second-order valence-corrected chi connectivity index (χ2v) is 6.63. The largest absolute Gasteiger partial charge is 0.481 e. The molecule has 0 aliphatic rings. The summed E-state index contributed by atoms with van der Waals surface area (Å²) in [6.07, 6.45) is 0. The van der Waals surface area contributed by atoms with Crippen molar-refractivity contribution < 1.29 is 14.1 Å². The minimum Gasteiger partial charge on any atom is -0.481 e. The smallest absolute Gasteiger partial charge is 0.310 e. The van der Waals surface area contributed by atoms with E-state index in [0.29, 0.717) is 10.8 Å². The Morgan fingerprint density at radius 1 is 1.14 bits per heavy atom. The molecule has 0 saturated carbocycles. The fourth-order valence-electron chi connectivity index (χ4n) is 1.87. The van der Waals surface area contributed by atoms with Gasteiger partial charge in [-0.25, -0.2) is 0 Å². The number of carbonyl (C=O) groups is 1. The molecule has 0 aliphatic heterocycles. The molecule has 0 saturated heterocycles. The zero-order valence-corrected chi connectivity index (χ0v) is 13.0.